The van der Waals surface area contributed by atoms with Crippen LogP contribution in [0.15, 0.2) is 10.2 Å². The van der Waals surface area contributed by atoms with Crippen LogP contribution in [-0.2, 0) is 18.0 Å². The third-order valence-corrected chi connectivity index (χ3v) is 48.1. The SMILES string of the molecule is CCC[CH2][Sn](/[CH]=C/[C@H](OC)[C@H](O[Si](CC)(CC)CC)[C@@H](C)[C@@H](O)[C@H](C)C1(C[C@@H](O[Si](C)(C)C(C)(C)C)[C@H](C)[C@H](O[Si](C)(C)C(C)(C)C)C(C)C)SCCCS1)([CH2]CCC)[CH2]CCC. The first-order valence-electron chi connectivity index (χ1n) is 26.3. The average Bonchev–Trinajstić information content (AvgIpc) is 3.22. The number of aliphatic hydroxyl groups excluding tert-OH is 1. The van der Waals surface area contributed by atoms with E-state index in [1.807, 2.05) is 7.11 Å². The van der Waals surface area contributed by atoms with Gasteiger partial charge in [-0.1, -0.05) is 55.4 Å². The van der Waals surface area contributed by atoms with E-state index < -0.39 is 49.4 Å². The summed E-state index contributed by atoms with van der Waals surface area (Å²) in [6.45, 7) is 49.8. The number of unbranched alkanes of at least 4 members (excludes halogenated alkanes) is 3. The maximum absolute atomic E-state index is 13.2. The van der Waals surface area contributed by atoms with E-state index in [9.17, 15) is 5.11 Å². The van der Waals surface area contributed by atoms with Crippen LogP contribution >= 0.6 is 23.5 Å². The molecular formula is C52H110O5S2Si3Sn. The van der Waals surface area contributed by atoms with Gasteiger partial charge in [-0.2, -0.15) is 0 Å². The minimum atomic E-state index is -2.64. The molecule has 0 aromatic rings. The van der Waals surface area contributed by atoms with Gasteiger partial charge in [0.2, 0.25) is 0 Å². The molecule has 8 atom stereocenters. The zero-order chi connectivity index (χ0) is 48.7. The van der Waals surface area contributed by atoms with Crippen molar-refractivity contribution in [3.05, 3.63) is 10.2 Å². The van der Waals surface area contributed by atoms with E-state index >= 15 is 0 Å². The molecule has 63 heavy (non-hydrogen) atoms. The predicted molar refractivity (Wildman–Crippen MR) is 296 cm³/mol. The van der Waals surface area contributed by atoms with Crippen LogP contribution in [0.5, 0.6) is 0 Å². The Morgan fingerprint density at radius 2 is 1.11 bits per heavy atom. The maximum atomic E-state index is 13.2. The summed E-state index contributed by atoms with van der Waals surface area (Å²) < 4.78 is 36.2. The van der Waals surface area contributed by atoms with Crippen LogP contribution in [0, 0.1) is 23.7 Å². The number of methoxy groups -OCH3 is 1. The monoisotopic (exact) mass is 1080 g/mol. The molecule has 376 valence electrons. The van der Waals surface area contributed by atoms with Crippen LogP contribution in [0.2, 0.25) is 67.7 Å². The van der Waals surface area contributed by atoms with Gasteiger partial charge in [0, 0.05) is 0 Å². The van der Waals surface area contributed by atoms with Gasteiger partial charge in [-0.25, -0.2) is 0 Å². The molecule has 1 heterocycles. The van der Waals surface area contributed by atoms with Crippen LogP contribution in [0.4, 0.5) is 0 Å². The summed E-state index contributed by atoms with van der Waals surface area (Å²) in [6, 6.07) is 3.24. The molecule has 1 saturated heterocycles. The number of rotatable bonds is 31. The summed E-state index contributed by atoms with van der Waals surface area (Å²) in [6.07, 6.45) is 11.5. The van der Waals surface area contributed by atoms with Gasteiger partial charge in [-0.3, -0.25) is 0 Å². The normalized spacial score (nSPS) is 20.1. The molecule has 0 aliphatic carbocycles. The Balaban J connectivity index is 4.01. The predicted octanol–water partition coefficient (Wildman–Crippen LogP) is 17.0. The van der Waals surface area contributed by atoms with Gasteiger partial charge < -0.3 is 4.43 Å². The summed E-state index contributed by atoms with van der Waals surface area (Å²) in [5.41, 5.74) is 0. The Hall–Kier alpha value is 1.69. The Kier molecular flexibility index (Phi) is 27.8. The van der Waals surface area contributed by atoms with Crippen molar-refractivity contribution < 1.29 is 23.1 Å². The first-order valence-corrected chi connectivity index (χ1v) is 44.3. The Morgan fingerprint density at radius 1 is 0.667 bits per heavy atom. The molecule has 0 saturated carbocycles. The second-order valence-corrected chi connectivity index (χ2v) is 54.0. The number of hydrogen-bond acceptors (Lipinski definition) is 7. The Bertz CT molecular complexity index is 1250. The fourth-order valence-electron chi connectivity index (χ4n) is 9.41. The summed E-state index contributed by atoms with van der Waals surface area (Å²) in [4.78, 5) is 0. The third kappa shape index (κ3) is 18.1. The van der Waals surface area contributed by atoms with Crippen molar-refractivity contribution in [1.29, 1.82) is 0 Å². The van der Waals surface area contributed by atoms with Gasteiger partial charge in [0.25, 0.3) is 0 Å². The van der Waals surface area contributed by atoms with Crippen LogP contribution in [0.1, 0.15) is 169 Å². The van der Waals surface area contributed by atoms with E-state index in [0.717, 1.165) is 36.1 Å². The molecular weight excluding hydrogens is 972 g/mol. The molecule has 0 bridgehead atoms. The van der Waals surface area contributed by atoms with E-state index in [4.69, 9.17) is 18.0 Å². The molecule has 0 spiro atoms. The van der Waals surface area contributed by atoms with Crippen molar-refractivity contribution in [2.24, 2.45) is 23.7 Å². The first kappa shape index (κ1) is 62.7. The van der Waals surface area contributed by atoms with Crippen molar-refractivity contribution >= 4 is 66.9 Å². The second kappa shape index (κ2) is 27.9. The van der Waals surface area contributed by atoms with Crippen LogP contribution < -0.4 is 0 Å². The van der Waals surface area contributed by atoms with E-state index in [2.05, 4.69) is 178 Å². The van der Waals surface area contributed by atoms with Crippen LogP contribution in [0.3, 0.4) is 0 Å². The molecule has 5 nitrogen and oxygen atoms in total. The van der Waals surface area contributed by atoms with Gasteiger partial charge in [-0.05, 0) is 42.2 Å². The van der Waals surface area contributed by atoms with E-state index in [1.54, 1.807) is 0 Å². The number of aliphatic hydroxyl groups is 1. The summed E-state index contributed by atoms with van der Waals surface area (Å²) in [5, 5.41) is 13.3. The van der Waals surface area contributed by atoms with Crippen molar-refractivity contribution in [2.75, 3.05) is 18.6 Å². The number of thioether (sulfide) groups is 2. The van der Waals surface area contributed by atoms with E-state index in [-0.39, 0.29) is 56.3 Å². The summed E-state index contributed by atoms with van der Waals surface area (Å²) in [7, 11) is -4.46. The summed E-state index contributed by atoms with van der Waals surface area (Å²) >= 11 is 1.58. The summed E-state index contributed by atoms with van der Waals surface area (Å²) in [5.74, 6) is 2.66. The van der Waals surface area contributed by atoms with Crippen LogP contribution in [0.25, 0.3) is 0 Å². The number of ether oxygens (including phenoxy) is 1. The van der Waals surface area contributed by atoms with E-state index in [1.165, 1.54) is 58.3 Å². The molecule has 0 radical (unpaired) electrons. The molecule has 0 aromatic heterocycles. The molecule has 1 rings (SSSR count). The van der Waals surface area contributed by atoms with Crippen molar-refractivity contribution in [2.45, 2.75) is 271 Å². The van der Waals surface area contributed by atoms with Gasteiger partial charge in [-0.15, -0.1) is 0 Å². The minimum absolute atomic E-state index is 0.00290. The average molecular weight is 1080 g/mol. The molecule has 0 unspecified atom stereocenters. The van der Waals surface area contributed by atoms with Gasteiger partial charge in [0.15, 0.2) is 8.32 Å². The van der Waals surface area contributed by atoms with Crippen LogP contribution in [-0.4, -0.2) is 102 Å². The molecule has 1 N–H and O–H groups in total. The molecule has 1 aliphatic rings. The number of hydrogen-bond donors (Lipinski definition) is 1. The molecule has 1 fully saturated rings. The van der Waals surface area contributed by atoms with Crippen molar-refractivity contribution in [1.82, 2.24) is 0 Å². The van der Waals surface area contributed by atoms with Gasteiger partial charge >= 0.3 is 303 Å². The quantitative estimate of drug-likeness (QED) is 0.0694. The van der Waals surface area contributed by atoms with Crippen molar-refractivity contribution in [3.63, 3.8) is 0 Å². The van der Waals surface area contributed by atoms with Crippen molar-refractivity contribution in [3.8, 4) is 0 Å². The standard InChI is InChI=1S/C40H83O5S2Si3.3C4H9.Sn/c1-21-33(42-16)37(45-50(22-2,23-3)24-4)31(8)35(41)32(9)40(46-26-25-27-47-40)28-34(43-48(17,18)38(10,11)12)30(7)36(29(5)6)44-49(19,20)39(13,14)15;3*1-3-4-2;/h1,21,29-37,41H,22-28H2,2-20H3;3*1,3-4H2,2H3;/t30-,31-,32-,33-,34+,35+,36+,37+;;;;/m0..../s1. The Labute approximate surface area is 410 Å². The first-order chi connectivity index (χ1) is 29.1. The zero-order valence-electron chi connectivity index (χ0n) is 46.1. The third-order valence-electron chi connectivity index (χ3n) is 16.6. The topological polar surface area (TPSA) is 57.2 Å². The fraction of sp³-hybridized carbons (Fsp3) is 0.962. The van der Waals surface area contributed by atoms with Gasteiger partial charge in [0.1, 0.15) is 0 Å². The van der Waals surface area contributed by atoms with E-state index in [0.29, 0.717) is 5.92 Å². The molecule has 0 aromatic carbocycles. The molecule has 0 amide bonds. The zero-order valence-corrected chi connectivity index (χ0v) is 53.5. The Morgan fingerprint density at radius 3 is 1.49 bits per heavy atom. The fourth-order valence-corrected chi connectivity index (χ4v) is 33.3. The second-order valence-electron chi connectivity index (χ2n) is 23.6. The molecule has 1 aliphatic heterocycles. The van der Waals surface area contributed by atoms with Gasteiger partial charge in [0.05, 0.1) is 0 Å². The molecule has 11 heteroatoms.